The highest BCUT2D eigenvalue weighted by Crippen LogP contribution is 2.12. The number of hydrogen-bond acceptors (Lipinski definition) is 6. The number of Topliss-reactive ketones (excluding diaryl/α,β-unsaturated/α-hetero) is 1. The molecule has 0 aliphatic rings. The molecular formula is C16H15NO5. The van der Waals surface area contributed by atoms with Crippen molar-refractivity contribution in [3.63, 3.8) is 0 Å². The summed E-state index contributed by atoms with van der Waals surface area (Å²) < 4.78 is 9.49. The molecule has 0 aliphatic heterocycles. The third-order valence-electron chi connectivity index (χ3n) is 2.56. The zero-order chi connectivity index (χ0) is 16.5. The van der Waals surface area contributed by atoms with Gasteiger partial charge < -0.3 is 9.47 Å². The molecule has 0 saturated carbocycles. The average molecular weight is 301 g/mol. The van der Waals surface area contributed by atoms with Gasteiger partial charge in [0.2, 0.25) is 5.78 Å². The number of rotatable bonds is 6. The summed E-state index contributed by atoms with van der Waals surface area (Å²) in [5, 5.41) is 8.73. The standard InChI is InChI=1S/C16H15NO5/c1-3-21-14(18)9-13(16(20)22-4-2)15(19)12-7-5-11(10-17)6-8-12/h5-9H,3-4H2,1-2H3/b13-9-. The summed E-state index contributed by atoms with van der Waals surface area (Å²) in [4.78, 5) is 35.7. The Labute approximate surface area is 127 Å². The van der Waals surface area contributed by atoms with Crippen molar-refractivity contribution in [3.05, 3.63) is 47.0 Å². The van der Waals surface area contributed by atoms with Gasteiger partial charge in [0.1, 0.15) is 5.57 Å². The van der Waals surface area contributed by atoms with Crippen molar-refractivity contribution in [3.8, 4) is 6.07 Å². The van der Waals surface area contributed by atoms with Crippen LogP contribution in [-0.4, -0.2) is 30.9 Å². The number of benzene rings is 1. The van der Waals surface area contributed by atoms with Crippen LogP contribution in [0.4, 0.5) is 0 Å². The van der Waals surface area contributed by atoms with Crippen molar-refractivity contribution < 1.29 is 23.9 Å². The number of ether oxygens (including phenoxy) is 2. The first kappa shape index (κ1) is 17.1. The molecule has 0 unspecified atom stereocenters. The minimum Gasteiger partial charge on any atom is -0.463 e. The Kier molecular flexibility index (Phi) is 6.51. The number of carbonyl (C=O) groups excluding carboxylic acids is 3. The molecule has 6 nitrogen and oxygen atoms in total. The fraction of sp³-hybridized carbons (Fsp3) is 0.250. The van der Waals surface area contributed by atoms with Gasteiger partial charge in [-0.15, -0.1) is 0 Å². The first-order valence-electron chi connectivity index (χ1n) is 6.63. The van der Waals surface area contributed by atoms with Gasteiger partial charge in [-0.1, -0.05) is 0 Å². The van der Waals surface area contributed by atoms with Gasteiger partial charge in [0, 0.05) is 11.6 Å². The minimum absolute atomic E-state index is 0.0691. The summed E-state index contributed by atoms with van der Waals surface area (Å²) in [7, 11) is 0. The van der Waals surface area contributed by atoms with E-state index in [4.69, 9.17) is 14.7 Å². The van der Waals surface area contributed by atoms with Crippen molar-refractivity contribution in [2.45, 2.75) is 13.8 Å². The molecule has 114 valence electrons. The number of ketones is 1. The van der Waals surface area contributed by atoms with Gasteiger partial charge in [-0.25, -0.2) is 9.59 Å². The molecule has 0 fully saturated rings. The van der Waals surface area contributed by atoms with Crippen LogP contribution in [0.15, 0.2) is 35.9 Å². The lowest BCUT2D eigenvalue weighted by atomic mass is 10.0. The van der Waals surface area contributed by atoms with Crippen molar-refractivity contribution in [2.75, 3.05) is 13.2 Å². The molecule has 0 bridgehead atoms. The second-order valence-corrected chi connectivity index (χ2v) is 4.05. The molecule has 22 heavy (non-hydrogen) atoms. The molecule has 0 N–H and O–H groups in total. The van der Waals surface area contributed by atoms with Crippen LogP contribution in [0, 0.1) is 11.3 Å². The van der Waals surface area contributed by atoms with E-state index in [1.165, 1.54) is 24.3 Å². The van der Waals surface area contributed by atoms with Gasteiger partial charge in [-0.3, -0.25) is 4.79 Å². The van der Waals surface area contributed by atoms with Crippen LogP contribution in [-0.2, 0) is 19.1 Å². The van der Waals surface area contributed by atoms with Crippen LogP contribution in [0.2, 0.25) is 0 Å². The Hall–Kier alpha value is -2.94. The molecule has 0 aliphatic carbocycles. The predicted molar refractivity (Wildman–Crippen MR) is 76.8 cm³/mol. The lowest BCUT2D eigenvalue weighted by Gasteiger charge is -2.06. The van der Waals surface area contributed by atoms with E-state index in [1.54, 1.807) is 13.8 Å². The number of nitriles is 1. The summed E-state index contributed by atoms with van der Waals surface area (Å²) in [6.07, 6.45) is 0.821. The molecule has 1 rings (SSSR count). The van der Waals surface area contributed by atoms with E-state index in [9.17, 15) is 14.4 Å². The highest BCUT2D eigenvalue weighted by molar-refractivity contribution is 6.26. The number of esters is 2. The summed E-state index contributed by atoms with van der Waals surface area (Å²) in [6.45, 7) is 3.39. The maximum absolute atomic E-state index is 12.3. The van der Waals surface area contributed by atoms with Gasteiger partial charge in [-0.2, -0.15) is 5.26 Å². The molecular weight excluding hydrogens is 286 g/mol. The van der Waals surface area contributed by atoms with E-state index < -0.39 is 23.3 Å². The average Bonchev–Trinajstić information content (AvgIpc) is 2.52. The Balaban J connectivity index is 3.13. The van der Waals surface area contributed by atoms with E-state index in [1.807, 2.05) is 6.07 Å². The summed E-state index contributed by atoms with van der Waals surface area (Å²) in [5.74, 6) is -2.37. The van der Waals surface area contributed by atoms with Gasteiger partial charge in [0.05, 0.1) is 24.8 Å². The highest BCUT2D eigenvalue weighted by Gasteiger charge is 2.22. The van der Waals surface area contributed by atoms with Crippen LogP contribution >= 0.6 is 0 Å². The monoisotopic (exact) mass is 301 g/mol. The number of hydrogen-bond donors (Lipinski definition) is 0. The summed E-state index contributed by atoms with van der Waals surface area (Å²) >= 11 is 0. The molecule has 6 heteroatoms. The largest absolute Gasteiger partial charge is 0.463 e. The van der Waals surface area contributed by atoms with Crippen LogP contribution in [0.5, 0.6) is 0 Å². The van der Waals surface area contributed by atoms with Crippen molar-refractivity contribution in [1.82, 2.24) is 0 Å². The zero-order valence-corrected chi connectivity index (χ0v) is 12.3. The van der Waals surface area contributed by atoms with E-state index in [0.29, 0.717) is 5.56 Å². The van der Waals surface area contributed by atoms with E-state index >= 15 is 0 Å². The third-order valence-corrected chi connectivity index (χ3v) is 2.56. The molecule has 1 aromatic rings. The smallest absolute Gasteiger partial charge is 0.342 e. The second kappa shape index (κ2) is 8.37. The van der Waals surface area contributed by atoms with Crippen LogP contribution in [0.25, 0.3) is 0 Å². The third kappa shape index (κ3) is 4.56. The van der Waals surface area contributed by atoms with Crippen molar-refractivity contribution in [1.29, 1.82) is 5.26 Å². The fourth-order valence-electron chi connectivity index (χ4n) is 1.58. The zero-order valence-electron chi connectivity index (χ0n) is 12.3. The second-order valence-electron chi connectivity index (χ2n) is 4.05. The van der Waals surface area contributed by atoms with Gasteiger partial charge in [0.15, 0.2) is 0 Å². The molecule has 0 heterocycles. The Morgan fingerprint density at radius 1 is 1.09 bits per heavy atom. The highest BCUT2D eigenvalue weighted by atomic mass is 16.5. The lowest BCUT2D eigenvalue weighted by molar-refractivity contribution is -0.140. The Bertz CT molecular complexity index is 637. The lowest BCUT2D eigenvalue weighted by Crippen LogP contribution is -2.18. The molecule has 0 saturated heterocycles. The predicted octanol–water partition coefficient (Wildman–Crippen LogP) is 1.79. The van der Waals surface area contributed by atoms with Crippen molar-refractivity contribution in [2.24, 2.45) is 0 Å². The number of nitrogens with zero attached hydrogens (tertiary/aromatic N) is 1. The fourth-order valence-corrected chi connectivity index (χ4v) is 1.58. The molecule has 1 aromatic carbocycles. The first-order valence-corrected chi connectivity index (χ1v) is 6.63. The first-order chi connectivity index (χ1) is 10.5. The van der Waals surface area contributed by atoms with Gasteiger partial charge >= 0.3 is 11.9 Å². The Morgan fingerprint density at radius 3 is 2.18 bits per heavy atom. The molecule has 0 atom stereocenters. The van der Waals surface area contributed by atoms with Crippen molar-refractivity contribution >= 4 is 17.7 Å². The van der Waals surface area contributed by atoms with E-state index in [-0.39, 0.29) is 18.8 Å². The molecule has 0 amide bonds. The normalized spacial score (nSPS) is 10.5. The SMILES string of the molecule is CCOC(=O)/C=C(\C(=O)OCC)C(=O)c1ccc(C#N)cc1. The summed E-state index contributed by atoms with van der Waals surface area (Å²) in [5.41, 5.74) is 0.135. The summed E-state index contributed by atoms with van der Waals surface area (Å²) in [6, 6.07) is 7.62. The minimum atomic E-state index is -0.898. The quantitative estimate of drug-likeness (QED) is 0.261. The Morgan fingerprint density at radius 2 is 1.68 bits per heavy atom. The topological polar surface area (TPSA) is 93.5 Å². The van der Waals surface area contributed by atoms with E-state index in [2.05, 4.69) is 0 Å². The van der Waals surface area contributed by atoms with Crippen LogP contribution in [0.3, 0.4) is 0 Å². The maximum atomic E-state index is 12.3. The molecule has 0 aromatic heterocycles. The molecule has 0 radical (unpaired) electrons. The van der Waals surface area contributed by atoms with Gasteiger partial charge in [-0.05, 0) is 38.1 Å². The maximum Gasteiger partial charge on any atom is 0.342 e. The van der Waals surface area contributed by atoms with Crippen LogP contribution < -0.4 is 0 Å². The molecule has 0 spiro atoms. The number of carbonyl (C=O) groups is 3. The van der Waals surface area contributed by atoms with E-state index in [0.717, 1.165) is 6.08 Å². The van der Waals surface area contributed by atoms with Crippen LogP contribution in [0.1, 0.15) is 29.8 Å². The van der Waals surface area contributed by atoms with Gasteiger partial charge in [0.25, 0.3) is 0 Å².